The van der Waals surface area contributed by atoms with Crippen LogP contribution in [0, 0.1) is 0 Å². The smallest absolute Gasteiger partial charge is 0.336 e. The van der Waals surface area contributed by atoms with Gasteiger partial charge in [0.05, 0.1) is 23.8 Å². The first-order chi connectivity index (χ1) is 13.1. The first-order valence-corrected chi connectivity index (χ1v) is 8.85. The Hall–Kier alpha value is -3.19. The van der Waals surface area contributed by atoms with Gasteiger partial charge in [-0.2, -0.15) is 0 Å². The largest absolute Gasteiger partial charge is 0.478 e. The molecule has 1 saturated heterocycles. The zero-order chi connectivity index (χ0) is 18.8. The van der Waals surface area contributed by atoms with Crippen molar-refractivity contribution in [1.29, 1.82) is 0 Å². The van der Waals surface area contributed by atoms with Gasteiger partial charge in [0.1, 0.15) is 11.5 Å². The molecule has 138 valence electrons. The number of carboxylic acid groups (broad SMARTS) is 1. The fraction of sp³-hybridized carbons (Fsp3) is 0.250. The highest BCUT2D eigenvalue weighted by Gasteiger charge is 2.28. The molecular formula is C20H20N4O3. The fourth-order valence-corrected chi connectivity index (χ4v) is 3.62. The number of anilines is 1. The number of aromatic nitrogens is 2. The van der Waals surface area contributed by atoms with Crippen LogP contribution in [0.15, 0.2) is 53.1 Å². The van der Waals surface area contributed by atoms with Crippen molar-refractivity contribution in [3.05, 3.63) is 65.7 Å². The molecule has 2 aromatic heterocycles. The highest BCUT2D eigenvalue weighted by atomic mass is 16.4. The molecule has 7 heteroatoms. The SMILES string of the molecule is Nc1nccc([C@@H]2CCCN2Cc2ccc(-c3ccccc3C(=O)O)o2)n1. The Morgan fingerprint density at radius 2 is 2.11 bits per heavy atom. The Morgan fingerprint density at radius 3 is 2.93 bits per heavy atom. The van der Waals surface area contributed by atoms with Gasteiger partial charge in [0.15, 0.2) is 0 Å². The van der Waals surface area contributed by atoms with Crippen LogP contribution in [-0.2, 0) is 6.54 Å². The molecule has 1 aliphatic heterocycles. The van der Waals surface area contributed by atoms with Gasteiger partial charge in [-0.3, -0.25) is 4.90 Å². The molecule has 0 radical (unpaired) electrons. The highest BCUT2D eigenvalue weighted by Crippen LogP contribution is 2.33. The van der Waals surface area contributed by atoms with E-state index in [0.29, 0.717) is 17.9 Å². The van der Waals surface area contributed by atoms with Crippen LogP contribution in [0.3, 0.4) is 0 Å². The third-order valence-electron chi connectivity index (χ3n) is 4.84. The maximum absolute atomic E-state index is 11.4. The van der Waals surface area contributed by atoms with Gasteiger partial charge in [0, 0.05) is 11.8 Å². The molecule has 1 aromatic carbocycles. The van der Waals surface area contributed by atoms with Crippen molar-refractivity contribution in [2.45, 2.75) is 25.4 Å². The molecule has 0 unspecified atom stereocenters. The van der Waals surface area contributed by atoms with Gasteiger partial charge in [-0.25, -0.2) is 14.8 Å². The van der Waals surface area contributed by atoms with Crippen molar-refractivity contribution in [2.24, 2.45) is 0 Å². The standard InChI is InChI=1S/C20H20N4O3/c21-20-22-10-9-16(23-20)17-6-3-11-24(17)12-13-7-8-18(27-13)14-4-1-2-5-15(14)19(25)26/h1-2,4-5,7-10,17H,3,6,11-12H2,(H,25,26)(H2,21,22,23)/t17-/m0/s1. The van der Waals surface area contributed by atoms with E-state index >= 15 is 0 Å². The first kappa shape index (κ1) is 17.2. The zero-order valence-corrected chi connectivity index (χ0v) is 14.7. The maximum Gasteiger partial charge on any atom is 0.336 e. The van der Waals surface area contributed by atoms with E-state index in [1.165, 1.54) is 0 Å². The van der Waals surface area contributed by atoms with Crippen LogP contribution >= 0.6 is 0 Å². The zero-order valence-electron chi connectivity index (χ0n) is 14.7. The van der Waals surface area contributed by atoms with E-state index in [2.05, 4.69) is 14.9 Å². The van der Waals surface area contributed by atoms with E-state index in [1.807, 2.05) is 18.2 Å². The lowest BCUT2D eigenvalue weighted by Gasteiger charge is -2.22. The molecular weight excluding hydrogens is 344 g/mol. The number of aromatic carboxylic acids is 1. The molecule has 0 bridgehead atoms. The van der Waals surface area contributed by atoms with Gasteiger partial charge in [-0.15, -0.1) is 0 Å². The number of hydrogen-bond acceptors (Lipinski definition) is 6. The lowest BCUT2D eigenvalue weighted by atomic mass is 10.1. The monoisotopic (exact) mass is 364 g/mol. The van der Waals surface area contributed by atoms with Gasteiger partial charge < -0.3 is 15.3 Å². The molecule has 0 spiro atoms. The molecule has 3 N–H and O–H groups in total. The summed E-state index contributed by atoms with van der Waals surface area (Å²) in [5.74, 6) is 0.665. The van der Waals surface area contributed by atoms with Crippen molar-refractivity contribution in [1.82, 2.24) is 14.9 Å². The summed E-state index contributed by atoms with van der Waals surface area (Å²) in [7, 11) is 0. The molecule has 3 aromatic rings. The molecule has 1 atom stereocenters. The molecule has 4 rings (SSSR count). The molecule has 0 aliphatic carbocycles. The van der Waals surface area contributed by atoms with Crippen molar-refractivity contribution in [3.63, 3.8) is 0 Å². The quantitative estimate of drug-likeness (QED) is 0.715. The minimum atomic E-state index is -0.968. The normalized spacial score (nSPS) is 17.3. The summed E-state index contributed by atoms with van der Waals surface area (Å²) >= 11 is 0. The maximum atomic E-state index is 11.4. The summed E-state index contributed by atoms with van der Waals surface area (Å²) in [4.78, 5) is 22.1. The van der Waals surface area contributed by atoms with E-state index in [0.717, 1.165) is 30.8 Å². The average molecular weight is 364 g/mol. The number of nitrogens with two attached hydrogens (primary N) is 1. The van der Waals surface area contributed by atoms with Gasteiger partial charge in [0.2, 0.25) is 5.95 Å². The lowest BCUT2D eigenvalue weighted by molar-refractivity contribution is 0.0697. The predicted octanol–water partition coefficient (Wildman–Crippen LogP) is 3.35. The molecule has 27 heavy (non-hydrogen) atoms. The van der Waals surface area contributed by atoms with Crippen molar-refractivity contribution >= 4 is 11.9 Å². The summed E-state index contributed by atoms with van der Waals surface area (Å²) < 4.78 is 5.97. The van der Waals surface area contributed by atoms with E-state index in [1.54, 1.807) is 30.5 Å². The van der Waals surface area contributed by atoms with Gasteiger partial charge >= 0.3 is 5.97 Å². The third-order valence-corrected chi connectivity index (χ3v) is 4.84. The third kappa shape index (κ3) is 3.54. The Bertz CT molecular complexity index is 969. The van der Waals surface area contributed by atoms with Crippen LogP contribution in [0.2, 0.25) is 0 Å². The second-order valence-corrected chi connectivity index (χ2v) is 6.58. The number of hydrogen-bond donors (Lipinski definition) is 2. The fourth-order valence-electron chi connectivity index (χ4n) is 3.62. The minimum absolute atomic E-state index is 0.176. The van der Waals surface area contributed by atoms with Crippen LogP contribution in [0.25, 0.3) is 11.3 Å². The summed E-state index contributed by atoms with van der Waals surface area (Å²) in [5, 5.41) is 9.37. The topological polar surface area (TPSA) is 105 Å². The summed E-state index contributed by atoms with van der Waals surface area (Å²) in [6.45, 7) is 1.57. The number of rotatable bonds is 5. The second-order valence-electron chi connectivity index (χ2n) is 6.58. The predicted molar refractivity (Wildman–Crippen MR) is 99.9 cm³/mol. The number of carbonyl (C=O) groups is 1. The summed E-state index contributed by atoms with van der Waals surface area (Å²) in [6.07, 6.45) is 3.76. The van der Waals surface area contributed by atoms with Crippen molar-refractivity contribution in [2.75, 3.05) is 12.3 Å². The number of benzene rings is 1. The Labute approximate surface area is 156 Å². The summed E-state index contributed by atoms with van der Waals surface area (Å²) in [6, 6.07) is 12.7. The van der Waals surface area contributed by atoms with Crippen LogP contribution < -0.4 is 5.73 Å². The lowest BCUT2D eigenvalue weighted by Crippen LogP contribution is -2.23. The van der Waals surface area contributed by atoms with E-state index in [-0.39, 0.29) is 17.6 Å². The van der Waals surface area contributed by atoms with E-state index < -0.39 is 5.97 Å². The van der Waals surface area contributed by atoms with Crippen LogP contribution in [0.1, 0.15) is 40.7 Å². The molecule has 7 nitrogen and oxygen atoms in total. The molecule has 3 heterocycles. The number of nitrogen functional groups attached to an aromatic ring is 1. The summed E-state index contributed by atoms with van der Waals surface area (Å²) in [5.41, 5.74) is 7.45. The average Bonchev–Trinajstić information content (AvgIpc) is 3.32. The number of nitrogens with zero attached hydrogens (tertiary/aromatic N) is 3. The van der Waals surface area contributed by atoms with Crippen LogP contribution in [-0.4, -0.2) is 32.5 Å². The molecule has 0 saturated carbocycles. The number of furan rings is 1. The number of likely N-dealkylation sites (tertiary alicyclic amines) is 1. The molecule has 1 aliphatic rings. The van der Waals surface area contributed by atoms with Gasteiger partial charge in [0.25, 0.3) is 0 Å². The molecule has 0 amide bonds. The Balaban J connectivity index is 1.55. The molecule has 1 fully saturated rings. The van der Waals surface area contributed by atoms with Crippen LogP contribution in [0.5, 0.6) is 0 Å². The van der Waals surface area contributed by atoms with Gasteiger partial charge in [-0.05, 0) is 43.7 Å². The van der Waals surface area contributed by atoms with Gasteiger partial charge in [-0.1, -0.05) is 18.2 Å². The first-order valence-electron chi connectivity index (χ1n) is 8.85. The van der Waals surface area contributed by atoms with Crippen molar-refractivity contribution in [3.8, 4) is 11.3 Å². The van der Waals surface area contributed by atoms with Crippen molar-refractivity contribution < 1.29 is 14.3 Å². The highest BCUT2D eigenvalue weighted by molar-refractivity contribution is 5.95. The Morgan fingerprint density at radius 1 is 1.26 bits per heavy atom. The second kappa shape index (κ2) is 7.20. The Kier molecular flexibility index (Phi) is 4.60. The minimum Gasteiger partial charge on any atom is -0.478 e. The van der Waals surface area contributed by atoms with Crippen LogP contribution in [0.4, 0.5) is 5.95 Å². The number of carboxylic acids is 1. The van der Waals surface area contributed by atoms with E-state index in [9.17, 15) is 9.90 Å². The van der Waals surface area contributed by atoms with E-state index in [4.69, 9.17) is 10.2 Å².